The highest BCUT2D eigenvalue weighted by Gasteiger charge is 2.12. The molecule has 19 heavy (non-hydrogen) atoms. The van der Waals surface area contributed by atoms with Crippen LogP contribution in [0, 0.1) is 6.92 Å². The molecule has 0 bridgehead atoms. The summed E-state index contributed by atoms with van der Waals surface area (Å²) < 4.78 is 0. The second-order valence-corrected chi connectivity index (χ2v) is 4.17. The number of carbonyl (C=O) groups is 1. The number of aryl methyl sites for hydroxylation is 1. The molecule has 2 aromatic rings. The Morgan fingerprint density at radius 2 is 1.89 bits per heavy atom. The predicted octanol–water partition coefficient (Wildman–Crippen LogP) is 0.322. The number of carbonyl (C=O) groups excluding carboxylic acids is 1. The topological polar surface area (TPSA) is 82.5 Å². The monoisotopic (exact) mass is 256 g/mol. The number of hydrogen-bond acceptors (Lipinski definition) is 4. The number of nitrogens with zero attached hydrogens (tertiary/aromatic N) is 1. The van der Waals surface area contributed by atoms with Gasteiger partial charge in [-0.3, -0.25) is 4.79 Å². The molecule has 0 aliphatic rings. The molecule has 0 fully saturated rings. The molecule has 0 saturated carbocycles. The van der Waals surface area contributed by atoms with Crippen molar-refractivity contribution in [3.63, 3.8) is 0 Å². The number of amides is 1. The number of aromatic nitrogens is 1. The number of hydrogen-bond donors (Lipinski definition) is 3. The van der Waals surface area contributed by atoms with Crippen LogP contribution < -0.4 is 10.8 Å². The molecule has 1 aromatic carbocycles. The largest absolute Gasteiger partial charge is 0.488 e. The van der Waals surface area contributed by atoms with Gasteiger partial charge in [0.2, 0.25) is 0 Å². The van der Waals surface area contributed by atoms with Crippen LogP contribution in [0.15, 0.2) is 42.6 Å². The van der Waals surface area contributed by atoms with Gasteiger partial charge in [0.1, 0.15) is 5.82 Å². The Morgan fingerprint density at radius 1 is 1.21 bits per heavy atom. The maximum Gasteiger partial charge on any atom is 0.488 e. The molecule has 1 heterocycles. The van der Waals surface area contributed by atoms with Gasteiger partial charge in [-0.1, -0.05) is 12.1 Å². The van der Waals surface area contributed by atoms with E-state index in [2.05, 4.69) is 10.3 Å². The van der Waals surface area contributed by atoms with E-state index in [1.54, 1.807) is 12.3 Å². The van der Waals surface area contributed by atoms with E-state index in [1.165, 1.54) is 24.3 Å². The Morgan fingerprint density at radius 3 is 2.47 bits per heavy atom. The van der Waals surface area contributed by atoms with Gasteiger partial charge in [0.15, 0.2) is 0 Å². The second kappa shape index (κ2) is 5.64. The van der Waals surface area contributed by atoms with Crippen LogP contribution in [-0.2, 0) is 0 Å². The highest BCUT2D eigenvalue weighted by molar-refractivity contribution is 6.58. The molecular weight excluding hydrogens is 243 g/mol. The smallest absolute Gasteiger partial charge is 0.423 e. The summed E-state index contributed by atoms with van der Waals surface area (Å²) in [6.45, 7) is 1.91. The third kappa shape index (κ3) is 3.40. The lowest BCUT2D eigenvalue weighted by Gasteiger charge is -2.06. The molecular formula is C13H13BN2O3. The molecule has 2 rings (SSSR count). The number of nitrogens with one attached hydrogen (secondary N) is 1. The van der Waals surface area contributed by atoms with Crippen LogP contribution in [0.25, 0.3) is 0 Å². The lowest BCUT2D eigenvalue weighted by Crippen LogP contribution is -2.29. The number of pyridine rings is 1. The van der Waals surface area contributed by atoms with Crippen LogP contribution in [0.3, 0.4) is 0 Å². The minimum atomic E-state index is -1.53. The Balaban J connectivity index is 2.11. The van der Waals surface area contributed by atoms with Crippen LogP contribution in [0.5, 0.6) is 0 Å². The van der Waals surface area contributed by atoms with Crippen molar-refractivity contribution < 1.29 is 14.8 Å². The van der Waals surface area contributed by atoms with Crippen molar-refractivity contribution in [3.05, 3.63) is 53.7 Å². The Labute approximate surface area is 111 Å². The van der Waals surface area contributed by atoms with E-state index >= 15 is 0 Å². The fraction of sp³-hybridized carbons (Fsp3) is 0.0769. The second-order valence-electron chi connectivity index (χ2n) is 4.17. The SMILES string of the molecule is Cc1ccnc(NC(=O)c2ccc(B(O)O)cc2)c1. The molecule has 3 N–H and O–H groups in total. The van der Waals surface area contributed by atoms with E-state index in [9.17, 15) is 4.79 Å². The fourth-order valence-corrected chi connectivity index (χ4v) is 1.60. The lowest BCUT2D eigenvalue weighted by atomic mass is 9.80. The van der Waals surface area contributed by atoms with Crippen molar-refractivity contribution in [2.75, 3.05) is 5.32 Å². The standard InChI is InChI=1S/C13H13BN2O3/c1-9-6-7-15-12(8-9)16-13(17)10-2-4-11(5-3-10)14(18)19/h2-8,18-19H,1H3,(H,15,16,17). The van der Waals surface area contributed by atoms with E-state index in [1.807, 2.05) is 13.0 Å². The van der Waals surface area contributed by atoms with E-state index in [4.69, 9.17) is 10.0 Å². The summed E-state index contributed by atoms with van der Waals surface area (Å²) in [5.41, 5.74) is 1.77. The lowest BCUT2D eigenvalue weighted by molar-refractivity contribution is 0.102. The van der Waals surface area contributed by atoms with Crippen molar-refractivity contribution in [3.8, 4) is 0 Å². The summed E-state index contributed by atoms with van der Waals surface area (Å²) in [5, 5.41) is 20.6. The molecule has 0 radical (unpaired) electrons. The van der Waals surface area contributed by atoms with Gasteiger partial charge in [-0.05, 0) is 42.2 Å². The first kappa shape index (κ1) is 13.3. The van der Waals surface area contributed by atoms with Gasteiger partial charge in [0, 0.05) is 11.8 Å². The molecule has 1 aromatic heterocycles. The summed E-state index contributed by atoms with van der Waals surface area (Å²) in [7, 11) is -1.53. The van der Waals surface area contributed by atoms with Gasteiger partial charge in [-0.15, -0.1) is 0 Å². The Bertz CT molecular complexity index is 585. The minimum Gasteiger partial charge on any atom is -0.423 e. The van der Waals surface area contributed by atoms with E-state index in [0.29, 0.717) is 16.8 Å². The first-order valence-corrected chi connectivity index (χ1v) is 5.76. The number of benzene rings is 1. The summed E-state index contributed by atoms with van der Waals surface area (Å²) in [6.07, 6.45) is 1.62. The van der Waals surface area contributed by atoms with Gasteiger partial charge < -0.3 is 15.4 Å². The molecule has 1 amide bonds. The van der Waals surface area contributed by atoms with Gasteiger partial charge in [-0.2, -0.15) is 0 Å². The van der Waals surface area contributed by atoms with Gasteiger partial charge in [-0.25, -0.2) is 4.98 Å². The normalized spacial score (nSPS) is 10.1. The van der Waals surface area contributed by atoms with Gasteiger partial charge in [0.25, 0.3) is 5.91 Å². The van der Waals surface area contributed by atoms with Crippen LogP contribution in [0.1, 0.15) is 15.9 Å². The summed E-state index contributed by atoms with van der Waals surface area (Å²) in [5.74, 6) is 0.188. The van der Waals surface area contributed by atoms with Crippen molar-refractivity contribution in [1.82, 2.24) is 4.98 Å². The maximum absolute atomic E-state index is 11.9. The minimum absolute atomic E-state index is 0.294. The van der Waals surface area contributed by atoms with Crippen molar-refractivity contribution in [2.45, 2.75) is 6.92 Å². The first-order valence-electron chi connectivity index (χ1n) is 5.76. The van der Waals surface area contributed by atoms with E-state index in [0.717, 1.165) is 5.56 Å². The summed E-state index contributed by atoms with van der Waals surface area (Å²) in [6, 6.07) is 9.64. The third-order valence-corrected chi connectivity index (χ3v) is 2.63. The summed E-state index contributed by atoms with van der Waals surface area (Å²) in [4.78, 5) is 16.0. The Kier molecular flexibility index (Phi) is 3.94. The highest BCUT2D eigenvalue weighted by Crippen LogP contribution is 2.07. The zero-order chi connectivity index (χ0) is 13.8. The third-order valence-electron chi connectivity index (χ3n) is 2.63. The molecule has 0 atom stereocenters. The molecule has 6 heteroatoms. The van der Waals surface area contributed by atoms with Crippen LogP contribution in [0.4, 0.5) is 5.82 Å². The Hall–Kier alpha value is -2.18. The maximum atomic E-state index is 11.9. The molecule has 0 unspecified atom stereocenters. The van der Waals surface area contributed by atoms with E-state index in [-0.39, 0.29) is 5.91 Å². The van der Waals surface area contributed by atoms with Crippen molar-refractivity contribution in [2.24, 2.45) is 0 Å². The van der Waals surface area contributed by atoms with Crippen LogP contribution in [0.2, 0.25) is 0 Å². The highest BCUT2D eigenvalue weighted by atomic mass is 16.4. The molecule has 0 aliphatic heterocycles. The van der Waals surface area contributed by atoms with Gasteiger partial charge >= 0.3 is 7.12 Å². The quantitative estimate of drug-likeness (QED) is 0.691. The number of anilines is 1. The molecule has 96 valence electrons. The average Bonchev–Trinajstić information content (AvgIpc) is 2.39. The zero-order valence-corrected chi connectivity index (χ0v) is 10.4. The van der Waals surface area contributed by atoms with Gasteiger partial charge in [0.05, 0.1) is 0 Å². The average molecular weight is 256 g/mol. The zero-order valence-electron chi connectivity index (χ0n) is 10.4. The number of rotatable bonds is 3. The van der Waals surface area contributed by atoms with E-state index < -0.39 is 7.12 Å². The molecule has 5 nitrogen and oxygen atoms in total. The first-order chi connectivity index (χ1) is 9.06. The van der Waals surface area contributed by atoms with Crippen LogP contribution >= 0.6 is 0 Å². The summed E-state index contributed by atoms with van der Waals surface area (Å²) >= 11 is 0. The predicted molar refractivity (Wildman–Crippen MR) is 73.2 cm³/mol. The molecule has 0 saturated heterocycles. The fourth-order valence-electron chi connectivity index (χ4n) is 1.60. The molecule has 0 aliphatic carbocycles. The molecule has 0 spiro atoms. The van der Waals surface area contributed by atoms with Crippen molar-refractivity contribution >= 4 is 24.3 Å². The van der Waals surface area contributed by atoms with Crippen molar-refractivity contribution in [1.29, 1.82) is 0 Å². The van der Waals surface area contributed by atoms with Crippen LogP contribution in [-0.4, -0.2) is 28.1 Å².